The zero-order chi connectivity index (χ0) is 17.3. The molecule has 1 aromatic rings. The maximum absolute atomic E-state index is 12.9. The number of hydrogen-bond donors (Lipinski definition) is 0. The summed E-state index contributed by atoms with van der Waals surface area (Å²) >= 11 is 0. The lowest BCUT2D eigenvalue weighted by Gasteiger charge is -2.43. The van der Waals surface area contributed by atoms with Crippen LogP contribution in [0.3, 0.4) is 0 Å². The lowest BCUT2D eigenvalue weighted by Crippen LogP contribution is -2.57. The molecule has 1 aromatic heterocycles. The fourth-order valence-electron chi connectivity index (χ4n) is 3.41. The summed E-state index contributed by atoms with van der Waals surface area (Å²) < 4.78 is 17.3. The van der Waals surface area contributed by atoms with Crippen molar-refractivity contribution < 1.29 is 19.0 Å². The topological polar surface area (TPSA) is 73.8 Å². The lowest BCUT2D eigenvalue weighted by atomic mass is 9.98. The number of nitrogens with zero attached hydrogens (tertiary/aromatic N) is 3. The molecule has 1 spiro atoms. The Labute approximate surface area is 147 Å². The van der Waals surface area contributed by atoms with Gasteiger partial charge in [0, 0.05) is 19.6 Å². The molecule has 0 aromatic carbocycles. The van der Waals surface area contributed by atoms with Crippen LogP contribution in [0.4, 0.5) is 0 Å². The summed E-state index contributed by atoms with van der Waals surface area (Å²) in [7, 11) is 0. The van der Waals surface area contributed by atoms with Crippen LogP contribution in [-0.4, -0.2) is 65.4 Å². The van der Waals surface area contributed by atoms with Crippen molar-refractivity contribution in [2.75, 3.05) is 32.9 Å². The van der Waals surface area contributed by atoms with Crippen LogP contribution in [0.5, 0.6) is 5.88 Å². The van der Waals surface area contributed by atoms with E-state index in [0.29, 0.717) is 50.4 Å². The highest BCUT2D eigenvalue weighted by molar-refractivity contribution is 5.92. The molecule has 1 saturated carbocycles. The van der Waals surface area contributed by atoms with E-state index in [9.17, 15) is 4.79 Å². The minimum atomic E-state index is -0.366. The van der Waals surface area contributed by atoms with Crippen LogP contribution in [0.2, 0.25) is 0 Å². The largest absolute Gasteiger partial charge is 0.476 e. The van der Waals surface area contributed by atoms with Crippen molar-refractivity contribution in [3.63, 3.8) is 0 Å². The van der Waals surface area contributed by atoms with E-state index in [-0.39, 0.29) is 17.6 Å². The van der Waals surface area contributed by atoms with Gasteiger partial charge < -0.3 is 19.1 Å². The van der Waals surface area contributed by atoms with E-state index in [1.54, 1.807) is 6.20 Å². The minimum absolute atomic E-state index is 0.0357. The smallest absolute Gasteiger partial charge is 0.274 e. The first kappa shape index (κ1) is 16.7. The van der Waals surface area contributed by atoms with E-state index in [0.717, 1.165) is 12.8 Å². The number of carbonyl (C=O) groups excluding carboxylic acids is 1. The van der Waals surface area contributed by atoms with Gasteiger partial charge in [-0.25, -0.2) is 9.97 Å². The number of aromatic nitrogens is 2. The number of amides is 1. The van der Waals surface area contributed by atoms with Gasteiger partial charge in [0.1, 0.15) is 11.3 Å². The molecule has 1 amide bonds. The van der Waals surface area contributed by atoms with Gasteiger partial charge >= 0.3 is 0 Å². The Morgan fingerprint density at radius 2 is 2.28 bits per heavy atom. The highest BCUT2D eigenvalue weighted by Gasteiger charge is 2.45. The summed E-state index contributed by atoms with van der Waals surface area (Å²) in [6.45, 7) is 5.13. The first-order valence-corrected chi connectivity index (χ1v) is 9.17. The molecule has 7 heteroatoms. The average molecular weight is 347 g/mol. The van der Waals surface area contributed by atoms with Gasteiger partial charge in [-0.2, -0.15) is 0 Å². The average Bonchev–Trinajstić information content (AvgIpc) is 3.39. The molecular formula is C18H25N3O4. The lowest BCUT2D eigenvalue weighted by molar-refractivity contribution is -0.145. The van der Waals surface area contributed by atoms with Crippen LogP contribution in [0.15, 0.2) is 12.4 Å². The van der Waals surface area contributed by atoms with Crippen molar-refractivity contribution in [1.29, 1.82) is 0 Å². The first-order valence-electron chi connectivity index (χ1n) is 9.17. The Balaban J connectivity index is 1.43. The van der Waals surface area contributed by atoms with E-state index >= 15 is 0 Å². The van der Waals surface area contributed by atoms with E-state index in [1.807, 2.05) is 4.90 Å². The van der Waals surface area contributed by atoms with Crippen molar-refractivity contribution in [3.8, 4) is 5.88 Å². The number of rotatable bonds is 5. The molecule has 7 nitrogen and oxygen atoms in total. The second-order valence-corrected chi connectivity index (χ2v) is 7.31. The molecule has 2 aliphatic heterocycles. The van der Waals surface area contributed by atoms with Crippen LogP contribution in [0.1, 0.15) is 43.1 Å². The summed E-state index contributed by atoms with van der Waals surface area (Å²) in [4.78, 5) is 23.2. The monoisotopic (exact) mass is 347 g/mol. The molecule has 3 fully saturated rings. The molecule has 3 aliphatic rings. The molecule has 0 bridgehead atoms. The van der Waals surface area contributed by atoms with E-state index < -0.39 is 0 Å². The standard InChI is InChI=1S/C18H25N3O4/c1-2-14-9-21(11-18(25-14)5-6-23-12-18)17(22)15-7-20-16(8-19-15)24-10-13-3-4-13/h7-8,13-14H,2-6,9-12H2,1H3/t14-,18+/m0/s1. The molecule has 0 N–H and O–H groups in total. The number of carbonyl (C=O) groups is 1. The molecule has 4 rings (SSSR count). The molecule has 136 valence electrons. The minimum Gasteiger partial charge on any atom is -0.476 e. The van der Waals surface area contributed by atoms with Crippen LogP contribution in [0, 0.1) is 5.92 Å². The molecule has 1 aliphatic carbocycles. The van der Waals surface area contributed by atoms with Gasteiger partial charge in [0.15, 0.2) is 0 Å². The first-order chi connectivity index (χ1) is 12.2. The fraction of sp³-hybridized carbons (Fsp3) is 0.722. The van der Waals surface area contributed by atoms with Crippen molar-refractivity contribution in [3.05, 3.63) is 18.1 Å². The van der Waals surface area contributed by atoms with Crippen LogP contribution in [0.25, 0.3) is 0 Å². The van der Waals surface area contributed by atoms with Crippen molar-refractivity contribution in [1.82, 2.24) is 14.9 Å². The van der Waals surface area contributed by atoms with E-state index in [1.165, 1.54) is 19.0 Å². The normalized spacial score (nSPS) is 29.2. The van der Waals surface area contributed by atoms with Gasteiger partial charge in [-0.05, 0) is 25.2 Å². The maximum Gasteiger partial charge on any atom is 0.274 e. The molecule has 25 heavy (non-hydrogen) atoms. The van der Waals surface area contributed by atoms with Gasteiger partial charge in [0.05, 0.1) is 38.3 Å². The maximum atomic E-state index is 12.9. The van der Waals surface area contributed by atoms with Crippen LogP contribution in [-0.2, 0) is 9.47 Å². The third-order valence-corrected chi connectivity index (χ3v) is 5.14. The summed E-state index contributed by atoms with van der Waals surface area (Å²) in [5, 5.41) is 0. The Morgan fingerprint density at radius 3 is 2.92 bits per heavy atom. The molecule has 0 unspecified atom stereocenters. The summed E-state index contributed by atoms with van der Waals surface area (Å²) in [6, 6.07) is 0. The van der Waals surface area contributed by atoms with Gasteiger partial charge in [-0.15, -0.1) is 0 Å². The Kier molecular flexibility index (Phi) is 4.60. The summed E-state index contributed by atoms with van der Waals surface area (Å²) in [6.07, 6.45) is 7.24. The summed E-state index contributed by atoms with van der Waals surface area (Å²) in [5.41, 5.74) is -0.0143. The van der Waals surface area contributed by atoms with Gasteiger partial charge in [-0.3, -0.25) is 4.79 Å². The van der Waals surface area contributed by atoms with E-state index in [4.69, 9.17) is 14.2 Å². The Morgan fingerprint density at radius 1 is 1.40 bits per heavy atom. The van der Waals surface area contributed by atoms with Gasteiger partial charge in [-0.1, -0.05) is 6.92 Å². The van der Waals surface area contributed by atoms with E-state index in [2.05, 4.69) is 16.9 Å². The van der Waals surface area contributed by atoms with Crippen molar-refractivity contribution >= 4 is 5.91 Å². The SMILES string of the molecule is CC[C@H]1CN(C(=O)c2cnc(OCC3CC3)cn2)C[C@@]2(CCOC2)O1. The van der Waals surface area contributed by atoms with Crippen molar-refractivity contribution in [2.45, 2.75) is 44.3 Å². The Hall–Kier alpha value is -1.73. The second kappa shape index (κ2) is 6.88. The molecule has 3 heterocycles. The number of hydrogen-bond acceptors (Lipinski definition) is 6. The summed E-state index contributed by atoms with van der Waals surface area (Å²) in [5.74, 6) is 1.04. The van der Waals surface area contributed by atoms with Crippen LogP contribution >= 0.6 is 0 Å². The predicted octanol–water partition coefficient (Wildman–Crippen LogP) is 1.68. The quantitative estimate of drug-likeness (QED) is 0.807. The molecule has 0 radical (unpaired) electrons. The zero-order valence-electron chi connectivity index (χ0n) is 14.6. The second-order valence-electron chi connectivity index (χ2n) is 7.31. The number of ether oxygens (including phenoxy) is 3. The van der Waals surface area contributed by atoms with Gasteiger partial charge in [0.25, 0.3) is 5.91 Å². The third kappa shape index (κ3) is 3.77. The van der Waals surface area contributed by atoms with Crippen LogP contribution < -0.4 is 4.74 Å². The third-order valence-electron chi connectivity index (χ3n) is 5.14. The Bertz CT molecular complexity index is 611. The predicted molar refractivity (Wildman–Crippen MR) is 89.5 cm³/mol. The van der Waals surface area contributed by atoms with Gasteiger partial charge in [0.2, 0.25) is 5.88 Å². The number of morpholine rings is 1. The molecule has 2 atom stereocenters. The molecular weight excluding hydrogens is 322 g/mol. The highest BCUT2D eigenvalue weighted by Crippen LogP contribution is 2.32. The molecule has 2 saturated heterocycles. The van der Waals surface area contributed by atoms with Crippen molar-refractivity contribution in [2.24, 2.45) is 5.92 Å². The zero-order valence-corrected chi connectivity index (χ0v) is 14.6. The highest BCUT2D eigenvalue weighted by atomic mass is 16.6. The fourth-order valence-corrected chi connectivity index (χ4v) is 3.41.